The first-order chi connectivity index (χ1) is 11.6. The maximum atomic E-state index is 12.2. The van der Waals surface area contributed by atoms with E-state index < -0.39 is 0 Å². The molecule has 0 aromatic carbocycles. The van der Waals surface area contributed by atoms with Gasteiger partial charge in [-0.3, -0.25) is 4.79 Å². The van der Waals surface area contributed by atoms with Gasteiger partial charge in [-0.25, -0.2) is 4.98 Å². The number of nitrogens with one attached hydrogen (secondary N) is 1. The first-order valence-corrected chi connectivity index (χ1v) is 9.10. The Labute approximate surface area is 143 Å². The van der Waals surface area contributed by atoms with Crippen molar-refractivity contribution < 1.29 is 14.3 Å². The second-order valence-corrected chi connectivity index (χ2v) is 7.28. The van der Waals surface area contributed by atoms with Gasteiger partial charge in [0, 0.05) is 19.7 Å². The molecule has 0 spiro atoms. The summed E-state index contributed by atoms with van der Waals surface area (Å²) in [6, 6.07) is 0.139. The molecule has 0 radical (unpaired) electrons. The van der Waals surface area contributed by atoms with Crippen LogP contribution in [0.1, 0.15) is 57.2 Å². The van der Waals surface area contributed by atoms with Crippen molar-refractivity contribution in [2.75, 3.05) is 13.2 Å². The fraction of sp³-hybridized carbons (Fsp3) is 0.778. The number of ether oxygens (including phenoxy) is 2. The number of aryl methyl sites for hydroxylation is 1. The van der Waals surface area contributed by atoms with E-state index in [0.29, 0.717) is 12.5 Å². The standard InChI is InChI=1S/C18H29N3O3/c1-13-4-3-5-15(8-13)24-11-18(22)20-14-6-7-23-17(9-14)16-10-19-12-21(16)2/h10,12-15,17H,3-9,11H2,1-2H3,(H,20,22)/t13-,14+,15+,17+/m1/s1. The second kappa shape index (κ2) is 8.12. The molecule has 2 fully saturated rings. The number of carbonyl (C=O) groups excluding carboxylic acids is 1. The molecule has 0 bridgehead atoms. The van der Waals surface area contributed by atoms with Crippen molar-refractivity contribution in [2.45, 2.75) is 63.7 Å². The summed E-state index contributed by atoms with van der Waals surface area (Å²) in [6.07, 6.45) is 10.1. The normalized spacial score (nSPS) is 30.9. The van der Waals surface area contributed by atoms with Gasteiger partial charge in [0.05, 0.1) is 24.3 Å². The molecular weight excluding hydrogens is 306 g/mol. The summed E-state index contributed by atoms with van der Waals surface area (Å²) < 4.78 is 13.6. The van der Waals surface area contributed by atoms with Gasteiger partial charge in [-0.15, -0.1) is 0 Å². The molecule has 6 heteroatoms. The third kappa shape index (κ3) is 4.57. The monoisotopic (exact) mass is 335 g/mol. The summed E-state index contributed by atoms with van der Waals surface area (Å²) in [7, 11) is 1.97. The number of amides is 1. The highest BCUT2D eigenvalue weighted by Gasteiger charge is 2.27. The third-order valence-electron chi connectivity index (χ3n) is 5.17. The molecule has 1 aliphatic heterocycles. The summed E-state index contributed by atoms with van der Waals surface area (Å²) in [5.41, 5.74) is 1.06. The molecule has 1 aromatic heterocycles. The lowest BCUT2D eigenvalue weighted by molar-refractivity contribution is -0.130. The van der Waals surface area contributed by atoms with Gasteiger partial charge < -0.3 is 19.4 Å². The van der Waals surface area contributed by atoms with Gasteiger partial charge in [0.1, 0.15) is 12.7 Å². The zero-order valence-corrected chi connectivity index (χ0v) is 14.7. The Kier molecular flexibility index (Phi) is 5.89. The Hall–Kier alpha value is -1.40. The van der Waals surface area contributed by atoms with Crippen molar-refractivity contribution in [3.05, 3.63) is 18.2 Å². The van der Waals surface area contributed by atoms with Gasteiger partial charge in [-0.1, -0.05) is 19.8 Å². The van der Waals surface area contributed by atoms with E-state index >= 15 is 0 Å². The topological polar surface area (TPSA) is 65.4 Å². The van der Waals surface area contributed by atoms with Gasteiger partial charge in [-0.2, -0.15) is 0 Å². The summed E-state index contributed by atoms with van der Waals surface area (Å²) >= 11 is 0. The molecule has 1 saturated heterocycles. The maximum absolute atomic E-state index is 12.2. The number of imidazole rings is 1. The van der Waals surface area contributed by atoms with Crippen LogP contribution >= 0.6 is 0 Å². The molecule has 1 N–H and O–H groups in total. The summed E-state index contributed by atoms with van der Waals surface area (Å²) in [6.45, 7) is 3.09. The zero-order valence-electron chi connectivity index (χ0n) is 14.7. The minimum atomic E-state index is -0.0103. The summed E-state index contributed by atoms with van der Waals surface area (Å²) in [5, 5.41) is 3.11. The van der Waals surface area contributed by atoms with Crippen molar-refractivity contribution in [3.63, 3.8) is 0 Å². The molecule has 2 aliphatic rings. The predicted molar refractivity (Wildman–Crippen MR) is 90.4 cm³/mol. The van der Waals surface area contributed by atoms with Crippen molar-refractivity contribution in [1.82, 2.24) is 14.9 Å². The lowest BCUT2D eigenvalue weighted by Crippen LogP contribution is -2.42. The Morgan fingerprint density at radius 3 is 3.04 bits per heavy atom. The fourth-order valence-electron chi connectivity index (χ4n) is 3.80. The number of hydrogen-bond acceptors (Lipinski definition) is 4. The molecule has 1 aliphatic carbocycles. The first kappa shape index (κ1) is 17.4. The molecular formula is C18H29N3O3. The Balaban J connectivity index is 1.43. The van der Waals surface area contributed by atoms with Crippen molar-refractivity contribution in [1.29, 1.82) is 0 Å². The number of nitrogens with zero attached hydrogens (tertiary/aromatic N) is 2. The highest BCUT2D eigenvalue weighted by Crippen LogP contribution is 2.28. The molecule has 1 saturated carbocycles. The summed E-state index contributed by atoms with van der Waals surface area (Å²) in [4.78, 5) is 16.3. The Bertz CT molecular complexity index is 545. The number of hydrogen-bond donors (Lipinski definition) is 1. The molecule has 2 heterocycles. The Morgan fingerprint density at radius 1 is 1.42 bits per heavy atom. The number of aromatic nitrogens is 2. The van der Waals surface area contributed by atoms with Crippen LogP contribution in [0.3, 0.4) is 0 Å². The van der Waals surface area contributed by atoms with Crippen molar-refractivity contribution in [2.24, 2.45) is 13.0 Å². The zero-order chi connectivity index (χ0) is 16.9. The van der Waals surface area contributed by atoms with Gasteiger partial charge in [-0.05, 0) is 31.6 Å². The molecule has 134 valence electrons. The minimum Gasteiger partial charge on any atom is -0.372 e. The average molecular weight is 335 g/mol. The van der Waals surface area contributed by atoms with Gasteiger partial charge in [0.25, 0.3) is 0 Å². The fourth-order valence-corrected chi connectivity index (χ4v) is 3.80. The van der Waals surface area contributed by atoms with E-state index in [1.54, 1.807) is 6.33 Å². The quantitative estimate of drug-likeness (QED) is 0.897. The molecule has 6 nitrogen and oxygen atoms in total. The van der Waals surface area contributed by atoms with Gasteiger partial charge in [0.2, 0.25) is 5.91 Å². The van der Waals surface area contributed by atoms with E-state index in [1.807, 2.05) is 17.8 Å². The van der Waals surface area contributed by atoms with Crippen LogP contribution in [0.5, 0.6) is 0 Å². The SMILES string of the molecule is C[C@@H]1CCC[C@H](OCC(=O)N[C@H]2CCO[C@H](c3cncn3C)C2)C1. The second-order valence-electron chi connectivity index (χ2n) is 7.28. The highest BCUT2D eigenvalue weighted by atomic mass is 16.5. The average Bonchev–Trinajstić information content (AvgIpc) is 2.99. The maximum Gasteiger partial charge on any atom is 0.246 e. The summed E-state index contributed by atoms with van der Waals surface area (Å²) in [5.74, 6) is 0.700. The molecule has 4 atom stereocenters. The third-order valence-corrected chi connectivity index (χ3v) is 5.17. The Morgan fingerprint density at radius 2 is 2.29 bits per heavy atom. The minimum absolute atomic E-state index is 0.00309. The van der Waals surface area contributed by atoms with E-state index in [-0.39, 0.29) is 30.8 Å². The van der Waals surface area contributed by atoms with Crippen LogP contribution in [0.4, 0.5) is 0 Å². The molecule has 24 heavy (non-hydrogen) atoms. The van der Waals surface area contributed by atoms with E-state index in [2.05, 4.69) is 17.2 Å². The van der Waals surface area contributed by atoms with Crippen LogP contribution in [-0.4, -0.2) is 40.8 Å². The van der Waals surface area contributed by atoms with E-state index in [4.69, 9.17) is 9.47 Å². The van der Waals surface area contributed by atoms with E-state index in [9.17, 15) is 4.79 Å². The predicted octanol–water partition coefficient (Wildman–Crippen LogP) is 2.35. The lowest BCUT2D eigenvalue weighted by Gasteiger charge is -2.31. The van der Waals surface area contributed by atoms with E-state index in [1.165, 1.54) is 12.8 Å². The van der Waals surface area contributed by atoms with Crippen molar-refractivity contribution in [3.8, 4) is 0 Å². The number of rotatable bonds is 5. The van der Waals surface area contributed by atoms with Crippen LogP contribution in [0.15, 0.2) is 12.5 Å². The molecule has 0 unspecified atom stereocenters. The van der Waals surface area contributed by atoms with Crippen LogP contribution in [0.25, 0.3) is 0 Å². The molecule has 3 rings (SSSR count). The largest absolute Gasteiger partial charge is 0.372 e. The lowest BCUT2D eigenvalue weighted by atomic mass is 9.89. The smallest absolute Gasteiger partial charge is 0.246 e. The van der Waals surface area contributed by atoms with Crippen LogP contribution in [0.2, 0.25) is 0 Å². The highest BCUT2D eigenvalue weighted by molar-refractivity contribution is 5.77. The van der Waals surface area contributed by atoms with Crippen LogP contribution in [-0.2, 0) is 21.3 Å². The molecule has 1 aromatic rings. The van der Waals surface area contributed by atoms with Crippen LogP contribution < -0.4 is 5.32 Å². The van der Waals surface area contributed by atoms with Gasteiger partial charge >= 0.3 is 0 Å². The number of carbonyl (C=O) groups is 1. The van der Waals surface area contributed by atoms with Gasteiger partial charge in [0.15, 0.2) is 0 Å². The van der Waals surface area contributed by atoms with Crippen molar-refractivity contribution >= 4 is 5.91 Å². The van der Waals surface area contributed by atoms with E-state index in [0.717, 1.165) is 31.4 Å². The first-order valence-electron chi connectivity index (χ1n) is 9.10. The molecule has 1 amide bonds. The van der Waals surface area contributed by atoms with Crippen LogP contribution in [0, 0.1) is 5.92 Å².